The first kappa shape index (κ1) is 23.1. The van der Waals surface area contributed by atoms with Crippen LogP contribution in [-0.2, 0) is 9.47 Å². The van der Waals surface area contributed by atoms with E-state index in [9.17, 15) is 0 Å². The average Bonchev–Trinajstić information content (AvgIpc) is 2.99. The van der Waals surface area contributed by atoms with E-state index >= 15 is 0 Å². The monoisotopic (exact) mass is 370 g/mol. The van der Waals surface area contributed by atoms with Gasteiger partial charge in [-0.3, -0.25) is 5.32 Å². The van der Waals surface area contributed by atoms with Gasteiger partial charge in [-0.1, -0.05) is 90.0 Å². The van der Waals surface area contributed by atoms with E-state index in [1.54, 1.807) is 0 Å². The summed E-state index contributed by atoms with van der Waals surface area (Å²) < 4.78 is 12.0. The van der Waals surface area contributed by atoms with E-state index in [4.69, 9.17) is 9.47 Å². The molecule has 0 aromatic heterocycles. The molecular weight excluding hydrogens is 326 g/mol. The molecule has 25 heavy (non-hydrogen) atoms. The van der Waals surface area contributed by atoms with E-state index in [0.717, 1.165) is 19.8 Å². The summed E-state index contributed by atoms with van der Waals surface area (Å²) in [5.74, 6) is 0. The van der Waals surface area contributed by atoms with Crippen molar-refractivity contribution < 1.29 is 9.47 Å². The molecule has 0 aliphatic carbocycles. The van der Waals surface area contributed by atoms with Gasteiger partial charge in [0.1, 0.15) is 8.80 Å². The maximum absolute atomic E-state index is 6.01. The molecule has 0 atom stereocenters. The number of unbranched alkanes of at least 4 members (excludes halogenated alkanes) is 11. The normalized spacial score (nSPS) is 17.4. The molecule has 1 radical (unpaired) electrons. The van der Waals surface area contributed by atoms with Crippen molar-refractivity contribution in [3.63, 3.8) is 0 Å². The zero-order chi connectivity index (χ0) is 18.2. The lowest BCUT2D eigenvalue weighted by molar-refractivity contribution is -0.191. The van der Waals surface area contributed by atoms with Crippen LogP contribution in [0.1, 0.15) is 97.8 Å². The summed E-state index contributed by atoms with van der Waals surface area (Å²) in [5.41, 5.74) is -0.397. The van der Waals surface area contributed by atoms with Gasteiger partial charge in [-0.05, 0) is 26.4 Å². The molecule has 1 rings (SSSR count). The second kappa shape index (κ2) is 15.2. The van der Waals surface area contributed by atoms with Crippen LogP contribution in [0.25, 0.3) is 0 Å². The highest BCUT2D eigenvalue weighted by atomic mass is 28.3. The average molecular weight is 371 g/mol. The highest BCUT2D eigenvalue weighted by Crippen LogP contribution is 2.27. The smallest absolute Gasteiger partial charge is 0.202 e. The fourth-order valence-electron chi connectivity index (χ4n) is 3.89. The van der Waals surface area contributed by atoms with Crippen LogP contribution in [0.3, 0.4) is 0 Å². The predicted octanol–water partition coefficient (Wildman–Crippen LogP) is 6.05. The Kier molecular flexibility index (Phi) is 14.1. The van der Waals surface area contributed by atoms with Gasteiger partial charge in [0.05, 0.1) is 0 Å². The van der Waals surface area contributed by atoms with Gasteiger partial charge in [0.2, 0.25) is 5.53 Å². The minimum absolute atomic E-state index is 0.397. The standard InChI is InChI=1S/C21H44NO2Si/c1-4-7-8-9-10-11-12-13-14-15-16-17-19-25-20-18-22-21(25,23-5-2)24-6-3/h22H,4-20H2,1-3H3. The Morgan fingerprint density at radius 1 is 0.720 bits per heavy atom. The van der Waals surface area contributed by atoms with Crippen molar-refractivity contribution in [2.24, 2.45) is 0 Å². The molecule has 1 N–H and O–H groups in total. The molecule has 0 bridgehead atoms. The van der Waals surface area contributed by atoms with Gasteiger partial charge in [0.15, 0.2) is 0 Å². The van der Waals surface area contributed by atoms with Gasteiger partial charge in [-0.2, -0.15) is 0 Å². The quantitative estimate of drug-likeness (QED) is 0.192. The molecule has 1 saturated heterocycles. The number of hydrogen-bond acceptors (Lipinski definition) is 3. The van der Waals surface area contributed by atoms with Crippen molar-refractivity contribution in [1.82, 2.24) is 5.32 Å². The van der Waals surface area contributed by atoms with Crippen molar-refractivity contribution in [2.75, 3.05) is 19.8 Å². The third-order valence-electron chi connectivity index (χ3n) is 5.28. The van der Waals surface area contributed by atoms with Crippen molar-refractivity contribution in [2.45, 2.75) is 115 Å². The molecule has 1 heterocycles. The molecule has 1 aliphatic heterocycles. The molecule has 0 amide bonds. The number of hydrogen-bond donors (Lipinski definition) is 1. The zero-order valence-corrected chi connectivity index (χ0v) is 18.3. The molecule has 149 valence electrons. The van der Waals surface area contributed by atoms with Crippen LogP contribution >= 0.6 is 0 Å². The fraction of sp³-hybridized carbons (Fsp3) is 1.00. The first-order chi connectivity index (χ1) is 12.3. The van der Waals surface area contributed by atoms with Gasteiger partial charge in [-0.25, -0.2) is 0 Å². The van der Waals surface area contributed by atoms with E-state index < -0.39 is 14.3 Å². The third-order valence-corrected chi connectivity index (χ3v) is 8.48. The van der Waals surface area contributed by atoms with Crippen LogP contribution in [0, 0.1) is 0 Å². The Balaban J connectivity index is 2.00. The van der Waals surface area contributed by atoms with E-state index in [1.165, 1.54) is 89.1 Å². The Hall–Kier alpha value is 0.0969. The molecule has 4 heteroatoms. The lowest BCUT2D eigenvalue weighted by atomic mass is 10.1. The predicted molar refractivity (Wildman–Crippen MR) is 110 cm³/mol. The highest BCUT2D eigenvalue weighted by molar-refractivity contribution is 6.62. The SMILES string of the molecule is CCCCCCCCCCCCCC[Si]1CCNC1(OCC)OCC. The van der Waals surface area contributed by atoms with E-state index in [-0.39, 0.29) is 0 Å². The van der Waals surface area contributed by atoms with Gasteiger partial charge >= 0.3 is 0 Å². The van der Waals surface area contributed by atoms with Crippen molar-refractivity contribution in [1.29, 1.82) is 0 Å². The second-order valence-electron chi connectivity index (χ2n) is 7.40. The van der Waals surface area contributed by atoms with Crippen LogP contribution in [0.4, 0.5) is 0 Å². The van der Waals surface area contributed by atoms with Crippen molar-refractivity contribution in [3.05, 3.63) is 0 Å². The number of rotatable bonds is 17. The molecule has 0 saturated carbocycles. The second-order valence-corrected chi connectivity index (χ2v) is 10.3. The first-order valence-electron chi connectivity index (χ1n) is 11.2. The topological polar surface area (TPSA) is 30.5 Å². The molecule has 3 nitrogen and oxygen atoms in total. The number of nitrogens with one attached hydrogen (secondary N) is 1. The van der Waals surface area contributed by atoms with Crippen LogP contribution in [0.15, 0.2) is 0 Å². The number of ether oxygens (including phenoxy) is 2. The molecular formula is C21H44NO2Si. The fourth-order valence-corrected chi connectivity index (χ4v) is 6.97. The van der Waals surface area contributed by atoms with Crippen molar-refractivity contribution in [3.8, 4) is 0 Å². The summed E-state index contributed by atoms with van der Waals surface area (Å²) in [6, 6.07) is 2.61. The Labute approximate surface area is 159 Å². The Morgan fingerprint density at radius 3 is 1.68 bits per heavy atom. The molecule has 1 aliphatic rings. The largest absolute Gasteiger partial charge is 0.342 e. The lowest BCUT2D eigenvalue weighted by Gasteiger charge is -2.34. The molecule has 0 aromatic carbocycles. The summed E-state index contributed by atoms with van der Waals surface area (Å²) in [6.07, 6.45) is 17.1. The van der Waals surface area contributed by atoms with Crippen molar-refractivity contribution >= 4 is 8.80 Å². The maximum Gasteiger partial charge on any atom is 0.202 e. The highest BCUT2D eigenvalue weighted by Gasteiger charge is 2.45. The lowest BCUT2D eigenvalue weighted by Crippen LogP contribution is -2.55. The van der Waals surface area contributed by atoms with Gasteiger partial charge in [-0.15, -0.1) is 0 Å². The van der Waals surface area contributed by atoms with E-state index in [2.05, 4.69) is 26.1 Å². The van der Waals surface area contributed by atoms with Crippen LogP contribution in [0.2, 0.25) is 12.1 Å². The Morgan fingerprint density at radius 2 is 1.20 bits per heavy atom. The summed E-state index contributed by atoms with van der Waals surface area (Å²) in [5, 5.41) is 3.52. The van der Waals surface area contributed by atoms with Gasteiger partial charge in [0, 0.05) is 13.2 Å². The van der Waals surface area contributed by atoms with E-state index in [0.29, 0.717) is 0 Å². The summed E-state index contributed by atoms with van der Waals surface area (Å²) in [7, 11) is -0.602. The van der Waals surface area contributed by atoms with Crippen LogP contribution < -0.4 is 5.32 Å². The van der Waals surface area contributed by atoms with Gasteiger partial charge < -0.3 is 9.47 Å². The molecule has 0 aromatic rings. The van der Waals surface area contributed by atoms with E-state index in [1.807, 2.05) is 0 Å². The Bertz CT molecular complexity index is 296. The molecule has 0 unspecified atom stereocenters. The minimum Gasteiger partial charge on any atom is -0.342 e. The maximum atomic E-state index is 6.01. The summed E-state index contributed by atoms with van der Waals surface area (Å²) in [6.45, 7) is 8.97. The molecule has 1 fully saturated rings. The summed E-state index contributed by atoms with van der Waals surface area (Å²) in [4.78, 5) is 0. The first-order valence-corrected chi connectivity index (χ1v) is 13.1. The summed E-state index contributed by atoms with van der Waals surface area (Å²) >= 11 is 0. The van der Waals surface area contributed by atoms with Crippen LogP contribution in [0.5, 0.6) is 0 Å². The zero-order valence-electron chi connectivity index (χ0n) is 17.3. The van der Waals surface area contributed by atoms with Crippen LogP contribution in [-0.4, -0.2) is 34.1 Å². The molecule has 0 spiro atoms. The third kappa shape index (κ3) is 9.55. The minimum atomic E-state index is -0.602. The van der Waals surface area contributed by atoms with Gasteiger partial charge in [0.25, 0.3) is 0 Å².